The molecule has 0 aliphatic carbocycles. The lowest BCUT2D eigenvalue weighted by molar-refractivity contribution is 0.763. The smallest absolute Gasteiger partial charge is 0.185 e. The van der Waals surface area contributed by atoms with Gasteiger partial charge in [-0.3, -0.25) is 4.99 Å². The molecule has 1 aromatic carbocycles. The third-order valence-electron chi connectivity index (χ3n) is 2.40. The highest BCUT2D eigenvalue weighted by atomic mass is 32.2. The molecule has 4 heteroatoms. The van der Waals surface area contributed by atoms with Crippen LogP contribution in [0, 0.1) is 0 Å². The molecule has 1 heterocycles. The second-order valence-electron chi connectivity index (χ2n) is 3.47. The number of fused-ring (bicyclic) bond motifs is 1. The summed E-state index contributed by atoms with van der Waals surface area (Å²) in [6.07, 6.45) is 2.14. The van der Waals surface area contributed by atoms with Crippen molar-refractivity contribution in [2.45, 2.75) is 13.5 Å². The first kappa shape index (κ1) is 11.7. The Kier molecular flexibility index (Phi) is 4.07. The highest BCUT2D eigenvalue weighted by Crippen LogP contribution is 2.16. The third-order valence-corrected chi connectivity index (χ3v) is 4.09. The maximum Gasteiger partial charge on any atom is 0.185 e. The van der Waals surface area contributed by atoms with Gasteiger partial charge in [-0.2, -0.15) is 11.8 Å². The summed E-state index contributed by atoms with van der Waals surface area (Å²) in [6, 6.07) is 8.54. The van der Waals surface area contributed by atoms with Gasteiger partial charge in [0, 0.05) is 18.8 Å². The number of para-hydroxylation sites is 1. The van der Waals surface area contributed by atoms with Crippen LogP contribution >= 0.6 is 23.1 Å². The second-order valence-corrected chi connectivity index (χ2v) is 5.47. The van der Waals surface area contributed by atoms with Gasteiger partial charge < -0.3 is 4.57 Å². The van der Waals surface area contributed by atoms with Gasteiger partial charge in [0.2, 0.25) is 0 Å². The Balaban J connectivity index is 2.55. The Bertz CT molecular complexity index is 525. The SMILES string of the molecule is CCN=c1sc2ccccc2n1CCSC. The molecule has 1 aromatic heterocycles. The van der Waals surface area contributed by atoms with Crippen molar-refractivity contribution in [3.8, 4) is 0 Å². The van der Waals surface area contributed by atoms with Gasteiger partial charge in [0.05, 0.1) is 10.2 Å². The van der Waals surface area contributed by atoms with Crippen LogP contribution in [-0.4, -0.2) is 23.1 Å². The zero-order valence-electron chi connectivity index (χ0n) is 9.64. The molecule has 0 saturated carbocycles. The quantitative estimate of drug-likeness (QED) is 0.817. The van der Waals surface area contributed by atoms with Crippen LogP contribution in [0.2, 0.25) is 0 Å². The summed E-state index contributed by atoms with van der Waals surface area (Å²) in [5.41, 5.74) is 1.31. The molecule has 2 nitrogen and oxygen atoms in total. The van der Waals surface area contributed by atoms with Gasteiger partial charge in [-0.05, 0) is 25.3 Å². The van der Waals surface area contributed by atoms with Gasteiger partial charge in [0.25, 0.3) is 0 Å². The van der Waals surface area contributed by atoms with Crippen molar-refractivity contribution in [1.82, 2.24) is 4.57 Å². The Hall–Kier alpha value is -0.740. The maximum atomic E-state index is 4.57. The number of thioether (sulfide) groups is 1. The van der Waals surface area contributed by atoms with Crippen molar-refractivity contribution in [3.63, 3.8) is 0 Å². The summed E-state index contributed by atoms with van der Waals surface area (Å²) in [7, 11) is 0. The first-order valence-corrected chi connectivity index (χ1v) is 7.65. The highest BCUT2D eigenvalue weighted by molar-refractivity contribution is 7.98. The van der Waals surface area contributed by atoms with Crippen LogP contribution in [-0.2, 0) is 6.54 Å². The molecular weight excluding hydrogens is 236 g/mol. The van der Waals surface area contributed by atoms with E-state index in [4.69, 9.17) is 0 Å². The molecule has 0 amide bonds. The van der Waals surface area contributed by atoms with Crippen LogP contribution in [0.25, 0.3) is 10.2 Å². The molecule has 0 aliphatic rings. The zero-order valence-corrected chi connectivity index (χ0v) is 11.3. The highest BCUT2D eigenvalue weighted by Gasteiger charge is 2.04. The molecule has 0 N–H and O–H groups in total. The summed E-state index contributed by atoms with van der Waals surface area (Å²) in [5, 5.41) is 0. The number of thiazole rings is 1. The van der Waals surface area contributed by atoms with Gasteiger partial charge in [0.1, 0.15) is 0 Å². The number of hydrogen-bond acceptors (Lipinski definition) is 3. The van der Waals surface area contributed by atoms with E-state index in [0.717, 1.165) is 23.6 Å². The first-order chi connectivity index (χ1) is 7.86. The summed E-state index contributed by atoms with van der Waals surface area (Å²) in [4.78, 5) is 5.72. The molecule has 2 rings (SSSR count). The minimum Gasteiger partial charge on any atom is -0.316 e. The van der Waals surface area contributed by atoms with E-state index < -0.39 is 0 Å². The number of aromatic nitrogens is 1. The number of benzene rings is 1. The number of hydrogen-bond donors (Lipinski definition) is 0. The van der Waals surface area contributed by atoms with Gasteiger partial charge in [0.15, 0.2) is 4.80 Å². The van der Waals surface area contributed by atoms with E-state index in [1.165, 1.54) is 10.2 Å². The lowest BCUT2D eigenvalue weighted by Crippen LogP contribution is -2.16. The van der Waals surface area contributed by atoms with Crippen LogP contribution < -0.4 is 4.80 Å². The van der Waals surface area contributed by atoms with Crippen LogP contribution in [0.15, 0.2) is 29.3 Å². The van der Waals surface area contributed by atoms with Crippen molar-refractivity contribution in [3.05, 3.63) is 29.1 Å². The monoisotopic (exact) mass is 252 g/mol. The van der Waals surface area contributed by atoms with Gasteiger partial charge in [-0.15, -0.1) is 0 Å². The van der Waals surface area contributed by atoms with E-state index in [9.17, 15) is 0 Å². The summed E-state index contributed by atoms with van der Waals surface area (Å²) in [5.74, 6) is 1.14. The maximum absolute atomic E-state index is 4.57. The minimum absolute atomic E-state index is 0.853. The normalized spacial score (nSPS) is 12.5. The molecular formula is C12H16N2S2. The molecule has 0 unspecified atom stereocenters. The van der Waals surface area contributed by atoms with Crippen LogP contribution in [0.1, 0.15) is 6.92 Å². The van der Waals surface area contributed by atoms with Crippen molar-refractivity contribution < 1.29 is 0 Å². The Labute approximate surface area is 104 Å². The van der Waals surface area contributed by atoms with E-state index in [-0.39, 0.29) is 0 Å². The molecule has 0 atom stereocenters. The third kappa shape index (κ3) is 2.33. The van der Waals surface area contributed by atoms with Crippen LogP contribution in [0.4, 0.5) is 0 Å². The van der Waals surface area contributed by atoms with Crippen molar-refractivity contribution in [2.75, 3.05) is 18.6 Å². The summed E-state index contributed by atoms with van der Waals surface area (Å²) in [6.45, 7) is 3.99. The Morgan fingerprint density at radius 1 is 1.38 bits per heavy atom. The largest absolute Gasteiger partial charge is 0.316 e. The molecule has 0 bridgehead atoms. The fourth-order valence-electron chi connectivity index (χ4n) is 1.67. The first-order valence-electron chi connectivity index (χ1n) is 5.44. The number of rotatable bonds is 4. The molecule has 0 spiro atoms. The predicted octanol–water partition coefficient (Wildman–Crippen LogP) is 2.99. The van der Waals surface area contributed by atoms with E-state index in [1.54, 1.807) is 11.3 Å². The van der Waals surface area contributed by atoms with Gasteiger partial charge in [-0.25, -0.2) is 0 Å². The average molecular weight is 252 g/mol. The molecule has 0 radical (unpaired) electrons. The topological polar surface area (TPSA) is 17.3 Å². The molecule has 86 valence electrons. The average Bonchev–Trinajstić information content (AvgIpc) is 2.65. The standard InChI is InChI=1S/C12H16N2S2/c1-3-13-12-14(8-9-15-2)10-6-4-5-7-11(10)16-12/h4-7H,3,8-9H2,1-2H3. The van der Waals surface area contributed by atoms with E-state index in [2.05, 4.69) is 47.0 Å². The Morgan fingerprint density at radius 3 is 2.94 bits per heavy atom. The lowest BCUT2D eigenvalue weighted by Gasteiger charge is -2.02. The predicted molar refractivity (Wildman–Crippen MR) is 74.3 cm³/mol. The number of aryl methyl sites for hydroxylation is 1. The minimum atomic E-state index is 0.853. The molecule has 0 fully saturated rings. The molecule has 16 heavy (non-hydrogen) atoms. The van der Waals surface area contributed by atoms with Crippen molar-refractivity contribution >= 4 is 33.3 Å². The second kappa shape index (κ2) is 5.55. The van der Waals surface area contributed by atoms with Gasteiger partial charge in [-0.1, -0.05) is 23.5 Å². The molecule has 2 aromatic rings. The summed E-state index contributed by atoms with van der Waals surface area (Å²) >= 11 is 3.66. The fraction of sp³-hybridized carbons (Fsp3) is 0.417. The van der Waals surface area contributed by atoms with Crippen LogP contribution in [0.5, 0.6) is 0 Å². The lowest BCUT2D eigenvalue weighted by atomic mass is 10.3. The van der Waals surface area contributed by atoms with E-state index in [1.807, 2.05) is 11.8 Å². The number of nitrogens with zero attached hydrogens (tertiary/aromatic N) is 2. The van der Waals surface area contributed by atoms with E-state index in [0.29, 0.717) is 0 Å². The van der Waals surface area contributed by atoms with E-state index >= 15 is 0 Å². The molecule has 0 aliphatic heterocycles. The summed E-state index contributed by atoms with van der Waals surface area (Å²) < 4.78 is 3.66. The van der Waals surface area contributed by atoms with Crippen molar-refractivity contribution in [1.29, 1.82) is 0 Å². The van der Waals surface area contributed by atoms with Crippen molar-refractivity contribution in [2.24, 2.45) is 4.99 Å². The fourth-order valence-corrected chi connectivity index (χ4v) is 3.16. The zero-order chi connectivity index (χ0) is 11.4. The van der Waals surface area contributed by atoms with Crippen LogP contribution in [0.3, 0.4) is 0 Å². The van der Waals surface area contributed by atoms with Gasteiger partial charge >= 0.3 is 0 Å². The molecule has 0 saturated heterocycles. The Morgan fingerprint density at radius 2 is 2.19 bits per heavy atom.